The molecule has 1 N–H and O–H groups in total. The second-order valence-electron chi connectivity index (χ2n) is 6.68. The summed E-state index contributed by atoms with van der Waals surface area (Å²) in [6.45, 7) is 0. The molecule has 0 radical (unpaired) electrons. The fraction of sp³-hybridized carbons (Fsp3) is 0.136. The van der Waals surface area contributed by atoms with E-state index in [2.05, 4.69) is 15.5 Å². The molecule has 0 saturated carbocycles. The van der Waals surface area contributed by atoms with Crippen molar-refractivity contribution in [3.05, 3.63) is 60.7 Å². The Morgan fingerprint density at radius 3 is 2.83 bits per heavy atom. The van der Waals surface area contributed by atoms with Crippen LogP contribution in [0, 0.1) is 0 Å². The Balaban J connectivity index is 1.32. The molecule has 0 bridgehead atoms. The number of hydrogen-bond donors (Lipinski definition) is 1. The van der Waals surface area contributed by atoms with Gasteiger partial charge in [-0.05, 0) is 24.3 Å². The zero-order chi connectivity index (χ0) is 20.5. The predicted molar refractivity (Wildman–Crippen MR) is 109 cm³/mol. The van der Waals surface area contributed by atoms with Crippen LogP contribution in [-0.4, -0.2) is 23.2 Å². The normalized spacial score (nSPS) is 11.2. The van der Waals surface area contributed by atoms with E-state index < -0.39 is 0 Å². The summed E-state index contributed by atoms with van der Waals surface area (Å²) in [5.41, 5.74) is 1.99. The minimum atomic E-state index is -0.207. The number of carbonyl (C=O) groups excluding carboxylic acids is 1. The predicted octanol–water partition coefficient (Wildman–Crippen LogP) is 4.81. The molecule has 5 aromatic rings. The van der Waals surface area contributed by atoms with Crippen LogP contribution in [0.1, 0.15) is 12.3 Å². The van der Waals surface area contributed by atoms with Crippen LogP contribution >= 0.6 is 0 Å². The van der Waals surface area contributed by atoms with E-state index in [-0.39, 0.29) is 12.3 Å². The second-order valence-corrected chi connectivity index (χ2v) is 6.68. The fourth-order valence-corrected chi connectivity index (χ4v) is 3.31. The van der Waals surface area contributed by atoms with Crippen molar-refractivity contribution >= 4 is 33.5 Å². The van der Waals surface area contributed by atoms with E-state index in [0.717, 1.165) is 16.4 Å². The standard InChI is InChI=1S/C22H17N3O5/c1-27-19-11-14-13-5-2-3-6-16(13)29-18(14)12-15(19)23-20(26)8-9-21-24-22(25-30-21)17-7-4-10-28-17/h2-7,10-12H,8-9H2,1H3,(H,23,26). The highest BCUT2D eigenvalue weighted by atomic mass is 16.5. The van der Waals surface area contributed by atoms with Crippen molar-refractivity contribution in [1.82, 2.24) is 10.1 Å². The van der Waals surface area contributed by atoms with Crippen LogP contribution < -0.4 is 10.1 Å². The van der Waals surface area contributed by atoms with Gasteiger partial charge in [0.2, 0.25) is 17.6 Å². The van der Waals surface area contributed by atoms with Crippen molar-refractivity contribution in [2.75, 3.05) is 12.4 Å². The zero-order valence-corrected chi connectivity index (χ0v) is 16.0. The third-order valence-corrected chi connectivity index (χ3v) is 4.75. The number of carbonyl (C=O) groups is 1. The summed E-state index contributed by atoms with van der Waals surface area (Å²) >= 11 is 0. The van der Waals surface area contributed by atoms with Crippen LogP contribution in [0.2, 0.25) is 0 Å². The molecule has 8 heteroatoms. The Bertz CT molecular complexity index is 1330. The van der Waals surface area contributed by atoms with Gasteiger partial charge in [-0.25, -0.2) is 0 Å². The summed E-state index contributed by atoms with van der Waals surface area (Å²) in [4.78, 5) is 16.7. The number of nitrogens with zero attached hydrogens (tertiary/aromatic N) is 2. The summed E-state index contributed by atoms with van der Waals surface area (Å²) in [7, 11) is 1.56. The molecule has 3 aromatic heterocycles. The second kappa shape index (κ2) is 7.40. The third kappa shape index (κ3) is 3.28. The summed E-state index contributed by atoms with van der Waals surface area (Å²) in [6.07, 6.45) is 2.00. The molecule has 0 aliphatic heterocycles. The van der Waals surface area contributed by atoms with Crippen LogP contribution in [0.15, 0.2) is 68.2 Å². The Morgan fingerprint density at radius 1 is 1.10 bits per heavy atom. The number of benzene rings is 2. The molecule has 3 heterocycles. The van der Waals surface area contributed by atoms with Gasteiger partial charge in [0.05, 0.1) is 19.1 Å². The van der Waals surface area contributed by atoms with Gasteiger partial charge in [-0.1, -0.05) is 23.4 Å². The first kappa shape index (κ1) is 18.0. The average Bonchev–Trinajstić information content (AvgIpc) is 3.50. The van der Waals surface area contributed by atoms with Gasteiger partial charge in [0.25, 0.3) is 0 Å². The highest BCUT2D eigenvalue weighted by Crippen LogP contribution is 2.36. The Hall–Kier alpha value is -4.07. The zero-order valence-electron chi connectivity index (χ0n) is 16.0. The van der Waals surface area contributed by atoms with Gasteiger partial charge in [0.1, 0.15) is 16.9 Å². The van der Waals surface area contributed by atoms with Gasteiger partial charge in [-0.3, -0.25) is 4.79 Å². The lowest BCUT2D eigenvalue weighted by Crippen LogP contribution is -2.13. The maximum Gasteiger partial charge on any atom is 0.238 e. The van der Waals surface area contributed by atoms with E-state index in [9.17, 15) is 4.79 Å². The lowest BCUT2D eigenvalue weighted by atomic mass is 10.1. The van der Waals surface area contributed by atoms with Gasteiger partial charge in [0.15, 0.2) is 5.76 Å². The summed E-state index contributed by atoms with van der Waals surface area (Å²) in [6, 6.07) is 14.9. The van der Waals surface area contributed by atoms with Gasteiger partial charge in [-0.2, -0.15) is 4.98 Å². The Morgan fingerprint density at radius 2 is 2.00 bits per heavy atom. The van der Waals surface area contributed by atoms with E-state index in [0.29, 0.717) is 40.9 Å². The topological polar surface area (TPSA) is 104 Å². The van der Waals surface area contributed by atoms with Crippen molar-refractivity contribution in [2.45, 2.75) is 12.8 Å². The van der Waals surface area contributed by atoms with Crippen LogP contribution in [-0.2, 0) is 11.2 Å². The van der Waals surface area contributed by atoms with Crippen molar-refractivity contribution < 1.29 is 22.9 Å². The molecule has 2 aromatic carbocycles. The molecule has 8 nitrogen and oxygen atoms in total. The number of rotatable bonds is 6. The molecule has 0 unspecified atom stereocenters. The third-order valence-electron chi connectivity index (χ3n) is 4.75. The molecule has 150 valence electrons. The van der Waals surface area contributed by atoms with E-state index in [1.54, 1.807) is 25.3 Å². The number of ether oxygens (including phenoxy) is 1. The van der Waals surface area contributed by atoms with Crippen LogP contribution in [0.25, 0.3) is 33.5 Å². The minimum absolute atomic E-state index is 0.168. The lowest BCUT2D eigenvalue weighted by molar-refractivity contribution is -0.116. The number of furan rings is 2. The van der Waals surface area contributed by atoms with Crippen LogP contribution in [0.4, 0.5) is 5.69 Å². The van der Waals surface area contributed by atoms with Gasteiger partial charge in [-0.15, -0.1) is 0 Å². The first-order valence-electron chi connectivity index (χ1n) is 9.37. The molecular weight excluding hydrogens is 386 g/mol. The van der Waals surface area contributed by atoms with E-state index in [1.165, 1.54) is 6.26 Å². The molecule has 5 rings (SSSR count). The number of anilines is 1. The lowest BCUT2D eigenvalue weighted by Gasteiger charge is -2.10. The molecule has 0 saturated heterocycles. The first-order valence-corrected chi connectivity index (χ1v) is 9.37. The summed E-state index contributed by atoms with van der Waals surface area (Å²) < 4.78 is 21.8. The maximum atomic E-state index is 12.5. The highest BCUT2D eigenvalue weighted by molar-refractivity contribution is 6.07. The van der Waals surface area contributed by atoms with Crippen molar-refractivity contribution in [2.24, 2.45) is 0 Å². The quantitative estimate of drug-likeness (QED) is 0.434. The highest BCUT2D eigenvalue weighted by Gasteiger charge is 2.16. The Kier molecular flexibility index (Phi) is 4.44. The first-order chi connectivity index (χ1) is 14.7. The van der Waals surface area contributed by atoms with Crippen LogP contribution in [0.3, 0.4) is 0 Å². The minimum Gasteiger partial charge on any atom is -0.495 e. The van der Waals surface area contributed by atoms with Crippen molar-refractivity contribution in [1.29, 1.82) is 0 Å². The average molecular weight is 403 g/mol. The molecule has 0 aliphatic rings. The number of aryl methyl sites for hydroxylation is 1. The SMILES string of the molecule is COc1cc2c(cc1NC(=O)CCc1nc(-c3ccco3)no1)oc1ccccc12. The number of nitrogens with one attached hydrogen (secondary N) is 1. The summed E-state index contributed by atoms with van der Waals surface area (Å²) in [5, 5.41) is 8.65. The van der Waals surface area contributed by atoms with Gasteiger partial charge >= 0.3 is 0 Å². The van der Waals surface area contributed by atoms with Crippen LogP contribution in [0.5, 0.6) is 5.75 Å². The van der Waals surface area contributed by atoms with E-state index in [1.807, 2.05) is 30.3 Å². The number of amides is 1. The molecule has 0 aliphatic carbocycles. The maximum absolute atomic E-state index is 12.5. The molecule has 0 atom stereocenters. The molecule has 0 fully saturated rings. The molecule has 1 amide bonds. The number of aromatic nitrogens is 2. The smallest absolute Gasteiger partial charge is 0.238 e. The van der Waals surface area contributed by atoms with Gasteiger partial charge < -0.3 is 23.4 Å². The van der Waals surface area contributed by atoms with Gasteiger partial charge in [0, 0.05) is 29.7 Å². The number of hydrogen-bond acceptors (Lipinski definition) is 7. The van der Waals surface area contributed by atoms with Crippen molar-refractivity contribution in [3.63, 3.8) is 0 Å². The number of fused-ring (bicyclic) bond motifs is 3. The van der Waals surface area contributed by atoms with Crippen molar-refractivity contribution in [3.8, 4) is 17.3 Å². The van der Waals surface area contributed by atoms with E-state index >= 15 is 0 Å². The molecule has 30 heavy (non-hydrogen) atoms. The Labute approximate surface area is 170 Å². The summed E-state index contributed by atoms with van der Waals surface area (Å²) in [5.74, 6) is 1.57. The monoisotopic (exact) mass is 403 g/mol. The fourth-order valence-electron chi connectivity index (χ4n) is 3.31. The number of methoxy groups -OCH3 is 1. The van der Waals surface area contributed by atoms with E-state index in [4.69, 9.17) is 18.1 Å². The largest absolute Gasteiger partial charge is 0.495 e. The number of para-hydroxylation sites is 1. The molecular formula is C22H17N3O5. The molecule has 0 spiro atoms.